The number of β-lactam (4-membered cyclic amide) rings is 1. The molecule has 0 radical (unpaired) electrons. The van der Waals surface area contributed by atoms with E-state index in [1.165, 1.54) is 35.2 Å². The summed E-state index contributed by atoms with van der Waals surface area (Å²) in [5, 5.41) is 17.5. The Morgan fingerprint density at radius 1 is 1.17 bits per heavy atom. The number of nitrogens with one attached hydrogen (secondary N) is 2. The van der Waals surface area contributed by atoms with Crippen molar-refractivity contribution in [3.63, 3.8) is 0 Å². The maximum Gasteiger partial charge on any atom is 0.410 e. The van der Waals surface area contributed by atoms with Gasteiger partial charge in [0.15, 0.2) is 10.8 Å². The van der Waals surface area contributed by atoms with Crippen molar-refractivity contribution in [3.05, 3.63) is 60.9 Å². The minimum atomic E-state index is -1.39. The van der Waals surface area contributed by atoms with E-state index in [1.54, 1.807) is 11.0 Å². The number of benzene rings is 1. The number of pyridine rings is 1. The highest BCUT2D eigenvalue weighted by Gasteiger charge is 2.54. The van der Waals surface area contributed by atoms with Gasteiger partial charge < -0.3 is 40.1 Å². The Kier molecular flexibility index (Phi) is 9.04. The number of hydrogen-bond donors (Lipinski definition) is 4. The molecule has 54 heavy (non-hydrogen) atoms. The van der Waals surface area contributed by atoms with Gasteiger partial charge in [-0.25, -0.2) is 19.0 Å². The smallest absolute Gasteiger partial charge is 0.410 e. The first kappa shape index (κ1) is 35.5. The lowest BCUT2D eigenvalue weighted by atomic mass is 10.0. The van der Waals surface area contributed by atoms with E-state index in [0.717, 1.165) is 40.6 Å². The SMILES string of the molecule is CO/N=C(\C(=O)N[C@@H]1C(=O)N2C(C(=O)O)=C(COC(=O)N3CCN(c4cc5c(cc4F)c(=O)c4c(=O)[nH]sc4n5C4CC4)CC3)CS[C@H]12)c1csc(N)n1. The van der Waals surface area contributed by atoms with Crippen LogP contribution in [0, 0.1) is 5.82 Å². The Balaban J connectivity index is 0.919. The van der Waals surface area contributed by atoms with E-state index in [-0.39, 0.29) is 82.2 Å². The number of nitrogen functional groups attached to an aromatic ring is 1. The predicted octanol–water partition coefficient (Wildman–Crippen LogP) is 1.47. The third-order valence-corrected chi connectivity index (χ3v) is 12.5. The molecule has 8 rings (SSSR count). The second-order valence-electron chi connectivity index (χ2n) is 12.8. The Labute approximate surface area is 315 Å². The standard InChI is InChI=1S/C32H30FN9O9S3/c1-50-37-21(17-12-53-31(34)35-17)26(45)36-22-27(46)42-23(30(47)48)13(11-52-29(22)42)10-51-32(49)40-6-4-39(5-7-40)19-9-18-15(8-16(19)33)24(43)20-25(44)38-54-28(20)41(18)14-2-3-14/h8-9,12,14,22,29H,2-7,10-11H2,1H3,(H2,34,35)(H,36,45)(H,38,44)(H,47,48)/b37-21-/t22-,29-/m1/s1. The van der Waals surface area contributed by atoms with Crippen LogP contribution in [0.2, 0.25) is 0 Å². The number of carbonyl (C=O) groups is 4. The van der Waals surface area contributed by atoms with E-state index in [2.05, 4.69) is 19.8 Å². The molecule has 2 saturated heterocycles. The summed E-state index contributed by atoms with van der Waals surface area (Å²) >= 11 is 3.37. The topological polar surface area (TPSA) is 235 Å². The summed E-state index contributed by atoms with van der Waals surface area (Å²) in [6.45, 7) is 0.426. The Bertz CT molecular complexity index is 2450. The molecule has 6 heterocycles. The number of anilines is 2. The van der Waals surface area contributed by atoms with Gasteiger partial charge in [0.1, 0.15) is 52.6 Å². The first-order chi connectivity index (χ1) is 26.0. The van der Waals surface area contributed by atoms with Crippen LogP contribution >= 0.6 is 34.6 Å². The number of thiazole rings is 1. The molecule has 18 nitrogen and oxygen atoms in total. The summed E-state index contributed by atoms with van der Waals surface area (Å²) in [7, 11) is 1.24. The second kappa shape index (κ2) is 13.7. The third kappa shape index (κ3) is 6.02. The Morgan fingerprint density at radius 2 is 1.93 bits per heavy atom. The highest BCUT2D eigenvalue weighted by molar-refractivity contribution is 8.00. The van der Waals surface area contributed by atoms with Gasteiger partial charge in [0.2, 0.25) is 5.43 Å². The number of carboxylic acid groups (broad SMARTS) is 1. The molecule has 3 fully saturated rings. The average molecular weight is 800 g/mol. The van der Waals surface area contributed by atoms with Crippen molar-refractivity contribution in [2.75, 3.05) is 56.3 Å². The number of aromatic nitrogens is 3. The van der Waals surface area contributed by atoms with Gasteiger partial charge in [0.05, 0.1) is 11.2 Å². The fraction of sp³-hybridized carbons (Fsp3) is 0.375. The minimum absolute atomic E-state index is 0.0305. The molecule has 1 aromatic carbocycles. The first-order valence-electron chi connectivity index (χ1n) is 16.6. The van der Waals surface area contributed by atoms with Gasteiger partial charge in [-0.2, -0.15) is 0 Å². The lowest BCUT2D eigenvalue weighted by molar-refractivity contribution is -0.150. The number of amides is 3. The summed E-state index contributed by atoms with van der Waals surface area (Å²) < 4.78 is 25.6. The van der Waals surface area contributed by atoms with Crippen LogP contribution < -0.4 is 26.9 Å². The molecule has 4 aliphatic rings. The van der Waals surface area contributed by atoms with E-state index >= 15 is 4.39 Å². The number of nitrogens with zero attached hydrogens (tertiary/aromatic N) is 6. The number of nitrogens with two attached hydrogens (primary N) is 1. The lowest BCUT2D eigenvalue weighted by Crippen LogP contribution is -2.71. The van der Waals surface area contributed by atoms with E-state index in [9.17, 15) is 33.9 Å². The van der Waals surface area contributed by atoms with Crippen molar-refractivity contribution >= 4 is 96.2 Å². The van der Waals surface area contributed by atoms with Gasteiger partial charge in [-0.05, 0) is 36.5 Å². The zero-order valence-corrected chi connectivity index (χ0v) is 30.6. The van der Waals surface area contributed by atoms with Gasteiger partial charge in [0.25, 0.3) is 17.4 Å². The fourth-order valence-corrected chi connectivity index (χ4v) is 9.64. The molecule has 0 spiro atoms. The molecule has 2 atom stereocenters. The van der Waals surface area contributed by atoms with Crippen LogP contribution in [-0.4, -0.2) is 115 Å². The molecule has 3 aliphatic heterocycles. The summed E-state index contributed by atoms with van der Waals surface area (Å²) in [6, 6.07) is 1.84. The van der Waals surface area contributed by atoms with Crippen molar-refractivity contribution in [1.82, 2.24) is 29.0 Å². The molecular weight excluding hydrogens is 770 g/mol. The maximum absolute atomic E-state index is 15.6. The van der Waals surface area contributed by atoms with E-state index in [4.69, 9.17) is 15.3 Å². The normalized spacial score (nSPS) is 20.3. The van der Waals surface area contributed by atoms with Crippen LogP contribution in [0.5, 0.6) is 0 Å². The predicted molar refractivity (Wildman–Crippen MR) is 197 cm³/mol. The summed E-state index contributed by atoms with van der Waals surface area (Å²) in [6.07, 6.45) is 1.04. The highest BCUT2D eigenvalue weighted by Crippen LogP contribution is 2.42. The van der Waals surface area contributed by atoms with Crippen LogP contribution in [0.4, 0.5) is 20.0 Å². The molecular formula is C32H30FN9O9S3. The quantitative estimate of drug-likeness (QED) is 0.107. The summed E-state index contributed by atoms with van der Waals surface area (Å²) in [5.41, 5.74) is 5.29. The van der Waals surface area contributed by atoms with Crippen LogP contribution in [-0.2, 0) is 24.0 Å². The van der Waals surface area contributed by atoms with Crippen LogP contribution in [0.25, 0.3) is 21.1 Å². The highest BCUT2D eigenvalue weighted by atomic mass is 32.2. The number of oxime groups is 1. The van der Waals surface area contributed by atoms with E-state index in [0.29, 0.717) is 10.3 Å². The van der Waals surface area contributed by atoms with Crippen LogP contribution in [0.3, 0.4) is 0 Å². The number of rotatable bonds is 9. The van der Waals surface area contributed by atoms with Gasteiger partial charge in [0, 0.05) is 54.3 Å². The molecule has 4 aromatic rings. The molecule has 1 saturated carbocycles. The monoisotopic (exact) mass is 799 g/mol. The number of carboxylic acids is 1. The zero-order chi connectivity index (χ0) is 38.0. The Hall–Kier alpha value is -5.48. The number of H-pyrrole nitrogens is 1. The third-order valence-electron chi connectivity index (χ3n) is 9.56. The van der Waals surface area contributed by atoms with Gasteiger partial charge >= 0.3 is 12.1 Å². The lowest BCUT2D eigenvalue weighted by Gasteiger charge is -2.49. The largest absolute Gasteiger partial charge is 0.477 e. The van der Waals surface area contributed by atoms with Gasteiger partial charge in [-0.1, -0.05) is 5.16 Å². The van der Waals surface area contributed by atoms with Crippen LogP contribution in [0.15, 0.2) is 43.5 Å². The fourth-order valence-electron chi connectivity index (χ4n) is 6.84. The van der Waals surface area contributed by atoms with Gasteiger partial charge in [-0.3, -0.25) is 28.5 Å². The number of carbonyl (C=O) groups excluding carboxylic acids is 3. The second-order valence-corrected chi connectivity index (χ2v) is 15.6. The minimum Gasteiger partial charge on any atom is -0.477 e. The number of piperazine rings is 1. The maximum atomic E-state index is 15.6. The van der Waals surface area contributed by atoms with E-state index < -0.39 is 58.7 Å². The van der Waals surface area contributed by atoms with Crippen molar-refractivity contribution in [2.45, 2.75) is 30.3 Å². The number of aromatic amines is 1. The molecule has 3 amide bonds. The zero-order valence-electron chi connectivity index (χ0n) is 28.2. The molecule has 0 bridgehead atoms. The van der Waals surface area contributed by atoms with Crippen molar-refractivity contribution < 1.29 is 38.2 Å². The number of fused-ring (bicyclic) bond motifs is 3. The number of thioether (sulfide) groups is 1. The number of aliphatic carboxylic acids is 1. The number of hydrogen-bond acceptors (Lipinski definition) is 15. The molecule has 22 heteroatoms. The van der Waals surface area contributed by atoms with Crippen molar-refractivity contribution in [3.8, 4) is 0 Å². The van der Waals surface area contributed by atoms with E-state index in [1.807, 2.05) is 4.57 Å². The molecule has 282 valence electrons. The molecule has 3 aromatic heterocycles. The van der Waals surface area contributed by atoms with Crippen molar-refractivity contribution in [2.24, 2.45) is 5.16 Å². The van der Waals surface area contributed by atoms with Crippen molar-refractivity contribution in [1.29, 1.82) is 0 Å². The average Bonchev–Trinajstić information content (AvgIpc) is 3.79. The summed E-state index contributed by atoms with van der Waals surface area (Å²) in [4.78, 5) is 90.9. The summed E-state index contributed by atoms with van der Waals surface area (Å²) in [5.74, 6) is -3.35. The molecule has 5 N–H and O–H groups in total. The first-order valence-corrected chi connectivity index (χ1v) is 19.3. The van der Waals surface area contributed by atoms with Gasteiger partial charge in [-0.15, -0.1) is 23.1 Å². The van der Waals surface area contributed by atoms with Crippen LogP contribution in [0.1, 0.15) is 24.6 Å². The Morgan fingerprint density at radius 3 is 2.59 bits per heavy atom. The number of ether oxygens (including phenoxy) is 1. The molecule has 0 unspecified atom stereocenters. The number of halogens is 1. The molecule has 1 aliphatic carbocycles.